The molecule has 0 radical (unpaired) electrons. The fourth-order valence-electron chi connectivity index (χ4n) is 1.74. The molecule has 0 spiro atoms. The molecule has 0 saturated heterocycles. The van der Waals surface area contributed by atoms with Gasteiger partial charge in [0.2, 0.25) is 5.91 Å². The van der Waals surface area contributed by atoms with Crippen LogP contribution in [0.4, 0.5) is 0 Å². The maximum Gasteiger partial charge on any atom is 0.224 e. The Morgan fingerprint density at radius 2 is 2.15 bits per heavy atom. The zero-order valence-electron chi connectivity index (χ0n) is 8.38. The molecule has 3 heteroatoms. The van der Waals surface area contributed by atoms with Gasteiger partial charge in [-0.05, 0) is 18.8 Å². The van der Waals surface area contributed by atoms with Crippen molar-refractivity contribution in [3.63, 3.8) is 0 Å². The Labute approximate surface area is 80.1 Å². The normalized spacial score (nSPS) is 20.2. The Morgan fingerprint density at radius 3 is 2.69 bits per heavy atom. The Kier molecular flexibility index (Phi) is 4.22. The largest absolute Gasteiger partial charge is 0.356 e. The quantitative estimate of drug-likeness (QED) is 0.681. The lowest BCUT2D eigenvalue weighted by atomic mass is 10.1. The van der Waals surface area contributed by atoms with Crippen LogP contribution in [0.5, 0.6) is 0 Å². The Bertz CT molecular complexity index is 164. The molecule has 1 amide bonds. The number of hydrogen-bond acceptors (Lipinski definition) is 2. The molecule has 1 fully saturated rings. The summed E-state index contributed by atoms with van der Waals surface area (Å²) in [5.74, 6) is 0.782. The molecule has 1 saturated carbocycles. The molecular weight excluding hydrogens is 164 g/mol. The molecule has 1 aliphatic carbocycles. The van der Waals surface area contributed by atoms with E-state index in [9.17, 15) is 4.79 Å². The predicted molar refractivity (Wildman–Crippen MR) is 53.2 cm³/mol. The smallest absolute Gasteiger partial charge is 0.224 e. The van der Waals surface area contributed by atoms with E-state index in [0.29, 0.717) is 12.5 Å². The zero-order chi connectivity index (χ0) is 9.68. The average Bonchev–Trinajstić information content (AvgIpc) is 2.65. The summed E-state index contributed by atoms with van der Waals surface area (Å²) < 4.78 is 0. The lowest BCUT2D eigenvalue weighted by molar-refractivity contribution is -0.124. The first-order valence-electron chi connectivity index (χ1n) is 5.21. The van der Waals surface area contributed by atoms with Crippen LogP contribution in [-0.2, 0) is 4.79 Å². The number of nitrogens with two attached hydrogens (primary N) is 1. The van der Waals surface area contributed by atoms with Crippen LogP contribution in [0.15, 0.2) is 0 Å². The third-order valence-electron chi connectivity index (χ3n) is 2.84. The van der Waals surface area contributed by atoms with Crippen LogP contribution in [-0.4, -0.2) is 19.0 Å². The molecule has 13 heavy (non-hydrogen) atoms. The first-order valence-corrected chi connectivity index (χ1v) is 5.21. The van der Waals surface area contributed by atoms with Gasteiger partial charge in [0.15, 0.2) is 0 Å². The van der Waals surface area contributed by atoms with Crippen molar-refractivity contribution in [2.24, 2.45) is 17.6 Å². The molecule has 0 heterocycles. The van der Waals surface area contributed by atoms with E-state index in [-0.39, 0.29) is 11.8 Å². The van der Waals surface area contributed by atoms with Crippen molar-refractivity contribution in [2.75, 3.05) is 13.1 Å². The van der Waals surface area contributed by atoms with Crippen LogP contribution >= 0.6 is 0 Å². The number of amides is 1. The van der Waals surface area contributed by atoms with Crippen LogP contribution in [0.3, 0.4) is 0 Å². The highest BCUT2D eigenvalue weighted by Crippen LogP contribution is 2.23. The molecule has 3 nitrogen and oxygen atoms in total. The summed E-state index contributed by atoms with van der Waals surface area (Å²) in [6.45, 7) is 3.16. The second-order valence-corrected chi connectivity index (χ2v) is 4.03. The lowest BCUT2D eigenvalue weighted by Crippen LogP contribution is -2.35. The number of nitrogens with one attached hydrogen (secondary N) is 1. The first-order chi connectivity index (χ1) is 6.24. The van der Waals surface area contributed by atoms with E-state index in [2.05, 4.69) is 5.32 Å². The molecule has 1 rings (SSSR count). The molecule has 0 bridgehead atoms. The van der Waals surface area contributed by atoms with Gasteiger partial charge in [-0.25, -0.2) is 0 Å². The number of hydrogen-bond donors (Lipinski definition) is 2. The SMILES string of the molecule is CC(CN)C(=O)NCC1CCCC1. The van der Waals surface area contributed by atoms with Crippen molar-refractivity contribution in [1.29, 1.82) is 0 Å². The van der Waals surface area contributed by atoms with Crippen LogP contribution in [0, 0.1) is 11.8 Å². The van der Waals surface area contributed by atoms with E-state index in [4.69, 9.17) is 5.73 Å². The van der Waals surface area contributed by atoms with E-state index in [0.717, 1.165) is 6.54 Å². The lowest BCUT2D eigenvalue weighted by Gasteiger charge is -2.13. The van der Waals surface area contributed by atoms with Gasteiger partial charge in [-0.2, -0.15) is 0 Å². The van der Waals surface area contributed by atoms with Crippen LogP contribution < -0.4 is 11.1 Å². The standard InChI is InChI=1S/C10H20N2O/c1-8(6-11)10(13)12-7-9-4-2-3-5-9/h8-9H,2-7,11H2,1H3,(H,12,13). The summed E-state index contributed by atoms with van der Waals surface area (Å²) in [5, 5.41) is 2.96. The van der Waals surface area contributed by atoms with E-state index >= 15 is 0 Å². The van der Waals surface area contributed by atoms with Crippen LogP contribution in [0.2, 0.25) is 0 Å². The van der Waals surface area contributed by atoms with Crippen molar-refractivity contribution >= 4 is 5.91 Å². The Balaban J connectivity index is 2.13. The number of carbonyl (C=O) groups excluding carboxylic acids is 1. The van der Waals surface area contributed by atoms with Crippen molar-refractivity contribution in [1.82, 2.24) is 5.32 Å². The minimum Gasteiger partial charge on any atom is -0.356 e. The molecule has 3 N–H and O–H groups in total. The first kappa shape index (κ1) is 10.5. The fraction of sp³-hybridized carbons (Fsp3) is 0.900. The van der Waals surface area contributed by atoms with Gasteiger partial charge < -0.3 is 11.1 Å². The van der Waals surface area contributed by atoms with Crippen LogP contribution in [0.1, 0.15) is 32.6 Å². The van der Waals surface area contributed by atoms with E-state index < -0.39 is 0 Å². The Hall–Kier alpha value is -0.570. The van der Waals surface area contributed by atoms with E-state index in [1.807, 2.05) is 6.92 Å². The molecule has 1 unspecified atom stereocenters. The summed E-state index contributed by atoms with van der Waals surface area (Å²) in [6, 6.07) is 0. The summed E-state index contributed by atoms with van der Waals surface area (Å²) in [7, 11) is 0. The maximum atomic E-state index is 11.3. The van der Waals surface area contributed by atoms with Crippen LogP contribution in [0.25, 0.3) is 0 Å². The third kappa shape index (κ3) is 3.35. The molecular formula is C10H20N2O. The molecule has 0 aromatic rings. The van der Waals surface area contributed by atoms with Crippen molar-refractivity contribution in [3.05, 3.63) is 0 Å². The summed E-state index contributed by atoms with van der Waals surface area (Å²) in [6.07, 6.45) is 5.20. The van der Waals surface area contributed by atoms with Gasteiger partial charge in [-0.15, -0.1) is 0 Å². The third-order valence-corrected chi connectivity index (χ3v) is 2.84. The van der Waals surface area contributed by atoms with Crippen molar-refractivity contribution < 1.29 is 4.79 Å². The topological polar surface area (TPSA) is 55.1 Å². The minimum absolute atomic E-state index is 0.0404. The summed E-state index contributed by atoms with van der Waals surface area (Å²) >= 11 is 0. The van der Waals surface area contributed by atoms with Gasteiger partial charge in [0.1, 0.15) is 0 Å². The van der Waals surface area contributed by atoms with Gasteiger partial charge >= 0.3 is 0 Å². The molecule has 1 aliphatic rings. The summed E-state index contributed by atoms with van der Waals surface area (Å²) in [5.41, 5.74) is 5.40. The number of carbonyl (C=O) groups is 1. The minimum atomic E-state index is -0.0404. The van der Waals surface area contributed by atoms with Gasteiger partial charge in [-0.1, -0.05) is 19.8 Å². The van der Waals surface area contributed by atoms with Gasteiger partial charge in [0.05, 0.1) is 0 Å². The molecule has 1 atom stereocenters. The fourth-order valence-corrected chi connectivity index (χ4v) is 1.74. The number of rotatable bonds is 4. The zero-order valence-corrected chi connectivity index (χ0v) is 8.38. The highest BCUT2D eigenvalue weighted by atomic mass is 16.1. The average molecular weight is 184 g/mol. The maximum absolute atomic E-state index is 11.3. The highest BCUT2D eigenvalue weighted by Gasteiger charge is 2.17. The van der Waals surface area contributed by atoms with Gasteiger partial charge in [0, 0.05) is 19.0 Å². The molecule has 0 aliphatic heterocycles. The second kappa shape index (κ2) is 5.22. The van der Waals surface area contributed by atoms with Crippen molar-refractivity contribution in [2.45, 2.75) is 32.6 Å². The van der Waals surface area contributed by atoms with E-state index in [1.165, 1.54) is 25.7 Å². The molecule has 76 valence electrons. The predicted octanol–water partition coefficient (Wildman–Crippen LogP) is 0.888. The van der Waals surface area contributed by atoms with Gasteiger partial charge in [0.25, 0.3) is 0 Å². The highest BCUT2D eigenvalue weighted by molar-refractivity contribution is 5.78. The Morgan fingerprint density at radius 1 is 1.54 bits per heavy atom. The van der Waals surface area contributed by atoms with Gasteiger partial charge in [-0.3, -0.25) is 4.79 Å². The van der Waals surface area contributed by atoms with Crippen molar-refractivity contribution in [3.8, 4) is 0 Å². The second-order valence-electron chi connectivity index (χ2n) is 4.03. The van der Waals surface area contributed by atoms with E-state index in [1.54, 1.807) is 0 Å². The summed E-state index contributed by atoms with van der Waals surface area (Å²) in [4.78, 5) is 11.3. The molecule has 0 aromatic heterocycles. The molecule has 0 aromatic carbocycles. The monoisotopic (exact) mass is 184 g/mol.